The third-order valence-electron chi connectivity index (χ3n) is 2.55. The summed E-state index contributed by atoms with van der Waals surface area (Å²) in [5, 5.41) is 1.82. The second-order valence-corrected chi connectivity index (χ2v) is 4.72. The van der Waals surface area contributed by atoms with E-state index in [1.807, 2.05) is 23.6 Å². The number of carbonyl (C=O) groups excluding carboxylic acids is 1. The van der Waals surface area contributed by atoms with Crippen LogP contribution in [0.5, 0.6) is 17.2 Å². The van der Waals surface area contributed by atoms with E-state index in [-0.39, 0.29) is 6.79 Å². The number of ether oxygens (including phenoxy) is 3. The molecule has 0 fully saturated rings. The molecule has 0 N–H and O–H groups in total. The molecular formula is C13H10O4S. The second-order valence-electron chi connectivity index (χ2n) is 3.78. The Labute approximate surface area is 108 Å². The maximum Gasteiger partial charge on any atom is 0.231 e. The maximum atomic E-state index is 10.5. The molecule has 2 aromatic rings. The number of fused-ring (bicyclic) bond motifs is 1. The molecule has 1 aromatic carbocycles. The third-order valence-corrected chi connectivity index (χ3v) is 3.39. The number of benzene rings is 1. The quantitative estimate of drug-likeness (QED) is 0.795. The number of thiophene rings is 1. The van der Waals surface area contributed by atoms with E-state index in [1.54, 1.807) is 6.07 Å². The molecule has 1 aliphatic heterocycles. The normalized spacial score (nSPS) is 12.4. The SMILES string of the molecule is O=Cc1cc(OCc2ccc3c(c2)OCO3)cs1. The second kappa shape index (κ2) is 4.70. The van der Waals surface area contributed by atoms with Gasteiger partial charge in [-0.2, -0.15) is 0 Å². The molecule has 3 rings (SSSR count). The summed E-state index contributed by atoms with van der Waals surface area (Å²) >= 11 is 1.37. The van der Waals surface area contributed by atoms with Gasteiger partial charge in [0.1, 0.15) is 12.4 Å². The van der Waals surface area contributed by atoms with E-state index in [0.29, 0.717) is 17.2 Å². The lowest BCUT2D eigenvalue weighted by atomic mass is 10.2. The minimum Gasteiger partial charge on any atom is -0.488 e. The molecule has 4 nitrogen and oxygen atoms in total. The highest BCUT2D eigenvalue weighted by molar-refractivity contribution is 7.11. The summed E-state index contributed by atoms with van der Waals surface area (Å²) in [5.41, 5.74) is 0.998. The van der Waals surface area contributed by atoms with Crippen LogP contribution in [0.25, 0.3) is 0 Å². The molecule has 5 heteroatoms. The summed E-state index contributed by atoms with van der Waals surface area (Å²) in [6.07, 6.45) is 0.818. The fourth-order valence-electron chi connectivity index (χ4n) is 1.67. The van der Waals surface area contributed by atoms with Crippen LogP contribution in [-0.2, 0) is 6.61 Å². The summed E-state index contributed by atoms with van der Waals surface area (Å²) in [6, 6.07) is 7.42. The summed E-state index contributed by atoms with van der Waals surface area (Å²) in [4.78, 5) is 11.2. The minimum atomic E-state index is 0.271. The number of aldehydes is 1. The number of carbonyl (C=O) groups is 1. The molecule has 1 aromatic heterocycles. The van der Waals surface area contributed by atoms with Crippen molar-refractivity contribution in [2.45, 2.75) is 6.61 Å². The van der Waals surface area contributed by atoms with Crippen molar-refractivity contribution in [3.63, 3.8) is 0 Å². The van der Waals surface area contributed by atoms with E-state index in [1.165, 1.54) is 11.3 Å². The minimum absolute atomic E-state index is 0.271. The molecule has 0 spiro atoms. The van der Waals surface area contributed by atoms with Crippen LogP contribution in [0.1, 0.15) is 15.2 Å². The smallest absolute Gasteiger partial charge is 0.231 e. The highest BCUT2D eigenvalue weighted by Gasteiger charge is 2.13. The van der Waals surface area contributed by atoms with E-state index in [4.69, 9.17) is 14.2 Å². The molecule has 18 heavy (non-hydrogen) atoms. The Morgan fingerprint density at radius 3 is 3.00 bits per heavy atom. The molecule has 0 saturated carbocycles. The largest absolute Gasteiger partial charge is 0.488 e. The van der Waals surface area contributed by atoms with Gasteiger partial charge in [0.05, 0.1) is 4.88 Å². The van der Waals surface area contributed by atoms with Gasteiger partial charge in [0, 0.05) is 11.4 Å². The molecule has 0 unspecified atom stereocenters. The molecule has 0 saturated heterocycles. The Kier molecular flexibility index (Phi) is 2.90. The zero-order valence-electron chi connectivity index (χ0n) is 9.42. The summed E-state index contributed by atoms with van der Waals surface area (Å²) in [5.74, 6) is 2.22. The van der Waals surface area contributed by atoms with Gasteiger partial charge in [-0.1, -0.05) is 6.07 Å². The van der Waals surface area contributed by atoms with Crippen molar-refractivity contribution in [1.29, 1.82) is 0 Å². The molecule has 0 bridgehead atoms. The fraction of sp³-hybridized carbons (Fsp3) is 0.154. The molecule has 1 aliphatic rings. The van der Waals surface area contributed by atoms with Crippen molar-refractivity contribution in [3.05, 3.63) is 40.1 Å². The standard InChI is InChI=1S/C13H10O4S/c14-5-11-4-10(7-18-11)15-6-9-1-2-12-13(3-9)17-8-16-12/h1-5,7H,6,8H2. The van der Waals surface area contributed by atoms with E-state index in [2.05, 4.69) is 0 Å². The lowest BCUT2D eigenvalue weighted by Crippen LogP contribution is -1.94. The predicted octanol–water partition coefficient (Wildman–Crippen LogP) is 2.87. The molecule has 0 radical (unpaired) electrons. The van der Waals surface area contributed by atoms with Crippen LogP contribution in [0.2, 0.25) is 0 Å². The maximum absolute atomic E-state index is 10.5. The van der Waals surface area contributed by atoms with Crippen molar-refractivity contribution >= 4 is 17.6 Å². The third kappa shape index (κ3) is 2.17. The first kappa shape index (κ1) is 11.1. The van der Waals surface area contributed by atoms with Crippen LogP contribution in [0.4, 0.5) is 0 Å². The van der Waals surface area contributed by atoms with E-state index >= 15 is 0 Å². The van der Waals surface area contributed by atoms with Crippen LogP contribution in [0.3, 0.4) is 0 Å². The Hall–Kier alpha value is -2.01. The first-order valence-corrected chi connectivity index (χ1v) is 6.28. The van der Waals surface area contributed by atoms with Gasteiger partial charge in [-0.25, -0.2) is 0 Å². The van der Waals surface area contributed by atoms with Crippen LogP contribution >= 0.6 is 11.3 Å². The van der Waals surface area contributed by atoms with E-state index in [9.17, 15) is 4.79 Å². The average Bonchev–Trinajstić information content (AvgIpc) is 3.04. The summed E-state index contributed by atoms with van der Waals surface area (Å²) in [7, 11) is 0. The summed E-state index contributed by atoms with van der Waals surface area (Å²) in [6.45, 7) is 0.707. The van der Waals surface area contributed by atoms with Crippen molar-refractivity contribution < 1.29 is 19.0 Å². The van der Waals surface area contributed by atoms with Crippen molar-refractivity contribution in [1.82, 2.24) is 0 Å². The van der Waals surface area contributed by atoms with Gasteiger partial charge in [-0.15, -0.1) is 11.3 Å². The molecular weight excluding hydrogens is 252 g/mol. The summed E-state index contributed by atoms with van der Waals surface area (Å²) < 4.78 is 16.1. The Morgan fingerprint density at radius 2 is 2.17 bits per heavy atom. The lowest BCUT2D eigenvalue weighted by Gasteiger charge is -2.04. The topological polar surface area (TPSA) is 44.8 Å². The Morgan fingerprint density at radius 1 is 1.28 bits per heavy atom. The van der Waals surface area contributed by atoms with Gasteiger partial charge in [-0.3, -0.25) is 4.79 Å². The molecule has 0 amide bonds. The van der Waals surface area contributed by atoms with Gasteiger partial charge in [0.2, 0.25) is 6.79 Å². The van der Waals surface area contributed by atoms with Gasteiger partial charge in [0.15, 0.2) is 17.8 Å². The lowest BCUT2D eigenvalue weighted by molar-refractivity contribution is 0.112. The zero-order chi connectivity index (χ0) is 12.4. The highest BCUT2D eigenvalue weighted by Crippen LogP contribution is 2.32. The van der Waals surface area contributed by atoms with Gasteiger partial charge in [-0.05, 0) is 17.7 Å². The van der Waals surface area contributed by atoms with Crippen LogP contribution < -0.4 is 14.2 Å². The van der Waals surface area contributed by atoms with Crippen LogP contribution in [0.15, 0.2) is 29.6 Å². The van der Waals surface area contributed by atoms with Gasteiger partial charge >= 0.3 is 0 Å². The monoisotopic (exact) mass is 262 g/mol. The highest BCUT2D eigenvalue weighted by atomic mass is 32.1. The van der Waals surface area contributed by atoms with Crippen LogP contribution in [0, 0.1) is 0 Å². The number of hydrogen-bond donors (Lipinski definition) is 0. The first-order chi connectivity index (χ1) is 8.85. The van der Waals surface area contributed by atoms with Gasteiger partial charge < -0.3 is 14.2 Å². The average molecular weight is 262 g/mol. The van der Waals surface area contributed by atoms with Gasteiger partial charge in [0.25, 0.3) is 0 Å². The molecule has 92 valence electrons. The van der Waals surface area contributed by atoms with Crippen molar-refractivity contribution in [2.24, 2.45) is 0 Å². The van der Waals surface area contributed by atoms with E-state index < -0.39 is 0 Å². The Balaban J connectivity index is 1.68. The van der Waals surface area contributed by atoms with Crippen LogP contribution in [-0.4, -0.2) is 13.1 Å². The molecule has 0 atom stereocenters. The zero-order valence-corrected chi connectivity index (χ0v) is 10.2. The van der Waals surface area contributed by atoms with Crippen molar-refractivity contribution in [2.75, 3.05) is 6.79 Å². The fourth-order valence-corrected chi connectivity index (χ4v) is 2.30. The first-order valence-electron chi connectivity index (χ1n) is 5.40. The predicted molar refractivity (Wildman–Crippen MR) is 66.6 cm³/mol. The molecule has 0 aliphatic carbocycles. The number of rotatable bonds is 4. The van der Waals surface area contributed by atoms with E-state index in [0.717, 1.165) is 23.3 Å². The number of hydrogen-bond acceptors (Lipinski definition) is 5. The van der Waals surface area contributed by atoms with Crippen molar-refractivity contribution in [3.8, 4) is 17.2 Å². The molecule has 2 heterocycles. The Bertz CT molecular complexity index is 576.